The summed E-state index contributed by atoms with van der Waals surface area (Å²) in [5, 5.41) is 0.0231. The normalized spacial score (nSPS) is 14.9. The van der Waals surface area contributed by atoms with Crippen molar-refractivity contribution in [1.82, 2.24) is 14.9 Å². The van der Waals surface area contributed by atoms with Crippen LogP contribution < -0.4 is 11.2 Å². The van der Waals surface area contributed by atoms with Crippen LogP contribution in [-0.2, 0) is 6.54 Å². The molecule has 0 unspecified atom stereocenters. The number of halogens is 1. The van der Waals surface area contributed by atoms with Gasteiger partial charge in [0.25, 0.3) is 5.56 Å². The number of aliphatic imine (C=N–C) groups is 1. The van der Waals surface area contributed by atoms with E-state index >= 15 is 0 Å². The predicted octanol–water partition coefficient (Wildman–Crippen LogP) is -0.439. The molecule has 0 spiro atoms. The smallest absolute Gasteiger partial charge is 0.326 e. The highest BCUT2D eigenvalue weighted by molar-refractivity contribution is 6.30. The van der Waals surface area contributed by atoms with Gasteiger partial charge in [0.2, 0.25) is 0 Å². The molecule has 6 nitrogen and oxygen atoms in total. The van der Waals surface area contributed by atoms with E-state index in [2.05, 4.69) is 15.0 Å². The average molecular weight is 229 g/mol. The molecule has 0 saturated carbocycles. The van der Waals surface area contributed by atoms with Gasteiger partial charge in [-0.15, -0.1) is 0 Å². The fourth-order valence-corrected chi connectivity index (χ4v) is 1.52. The van der Waals surface area contributed by atoms with Gasteiger partial charge >= 0.3 is 5.69 Å². The fraction of sp³-hybridized carbons (Fsp3) is 0.375. The van der Waals surface area contributed by atoms with Gasteiger partial charge in [0.15, 0.2) is 0 Å². The quantitative estimate of drug-likeness (QED) is 0.720. The van der Waals surface area contributed by atoms with Gasteiger partial charge in [0, 0.05) is 6.54 Å². The van der Waals surface area contributed by atoms with Crippen molar-refractivity contribution in [3.8, 4) is 0 Å². The van der Waals surface area contributed by atoms with Gasteiger partial charge < -0.3 is 9.88 Å². The molecular weight excluding hydrogens is 220 g/mol. The van der Waals surface area contributed by atoms with Crippen molar-refractivity contribution in [2.45, 2.75) is 6.54 Å². The number of aromatic nitrogens is 2. The number of H-pyrrole nitrogens is 2. The lowest BCUT2D eigenvalue weighted by atomic mass is 10.3. The van der Waals surface area contributed by atoms with Crippen molar-refractivity contribution in [2.24, 2.45) is 4.99 Å². The molecule has 0 bridgehead atoms. The number of hydrogen-bond donors (Lipinski definition) is 2. The molecule has 1 aliphatic rings. The van der Waals surface area contributed by atoms with E-state index in [9.17, 15) is 9.59 Å². The Morgan fingerprint density at radius 1 is 1.47 bits per heavy atom. The Labute approximate surface area is 89.6 Å². The second-order valence-electron chi connectivity index (χ2n) is 3.19. The summed E-state index contributed by atoms with van der Waals surface area (Å²) in [6, 6.07) is 0. The van der Waals surface area contributed by atoms with Crippen molar-refractivity contribution >= 4 is 17.9 Å². The Hall–Kier alpha value is -1.56. The number of nitrogens with zero attached hydrogens (tertiary/aromatic N) is 2. The monoisotopic (exact) mass is 228 g/mol. The van der Waals surface area contributed by atoms with Crippen LogP contribution in [0.3, 0.4) is 0 Å². The van der Waals surface area contributed by atoms with Crippen molar-refractivity contribution in [3.63, 3.8) is 0 Å². The molecule has 0 aliphatic carbocycles. The summed E-state index contributed by atoms with van der Waals surface area (Å²) < 4.78 is 0. The predicted molar refractivity (Wildman–Crippen MR) is 56.5 cm³/mol. The lowest BCUT2D eigenvalue weighted by Crippen LogP contribution is -2.28. The van der Waals surface area contributed by atoms with Crippen LogP contribution in [0.15, 0.2) is 14.6 Å². The Bertz CT molecular complexity index is 504. The molecule has 0 amide bonds. The molecule has 2 N–H and O–H groups in total. The van der Waals surface area contributed by atoms with Crippen molar-refractivity contribution in [2.75, 3.05) is 13.1 Å². The van der Waals surface area contributed by atoms with E-state index in [1.165, 1.54) is 0 Å². The summed E-state index contributed by atoms with van der Waals surface area (Å²) in [5.74, 6) is 0. The first kappa shape index (κ1) is 9.97. The SMILES string of the molecule is O=c1[nH]c(CN2C=NCC2)c(Cl)c(=O)[nH]1. The molecule has 15 heavy (non-hydrogen) atoms. The minimum atomic E-state index is -0.563. The minimum absolute atomic E-state index is 0.0231. The number of nitrogens with one attached hydrogen (secondary N) is 2. The van der Waals surface area contributed by atoms with E-state index in [1.54, 1.807) is 6.34 Å². The Kier molecular flexibility index (Phi) is 2.59. The van der Waals surface area contributed by atoms with E-state index in [4.69, 9.17) is 11.6 Å². The van der Waals surface area contributed by atoms with Crippen LogP contribution in [0.2, 0.25) is 5.02 Å². The van der Waals surface area contributed by atoms with E-state index in [0.29, 0.717) is 12.2 Å². The zero-order valence-corrected chi connectivity index (χ0v) is 8.54. The molecule has 7 heteroatoms. The van der Waals surface area contributed by atoms with E-state index in [1.807, 2.05) is 4.90 Å². The lowest BCUT2D eigenvalue weighted by molar-refractivity contribution is 0.455. The molecule has 1 aromatic rings. The van der Waals surface area contributed by atoms with Gasteiger partial charge in [-0.2, -0.15) is 0 Å². The van der Waals surface area contributed by atoms with Gasteiger partial charge in [-0.25, -0.2) is 4.79 Å². The molecule has 0 atom stereocenters. The van der Waals surface area contributed by atoms with Crippen LogP contribution in [0.5, 0.6) is 0 Å². The second kappa shape index (κ2) is 3.90. The summed E-state index contributed by atoms with van der Waals surface area (Å²) in [6.45, 7) is 1.89. The molecule has 0 fully saturated rings. The highest BCUT2D eigenvalue weighted by Crippen LogP contribution is 2.08. The van der Waals surface area contributed by atoms with Crippen LogP contribution in [0.4, 0.5) is 0 Å². The first-order valence-corrected chi connectivity index (χ1v) is 4.79. The molecular formula is C8H9ClN4O2. The summed E-state index contributed by atoms with van der Waals surface area (Å²) in [6.07, 6.45) is 1.68. The van der Waals surface area contributed by atoms with Gasteiger partial charge in [-0.05, 0) is 0 Å². The summed E-state index contributed by atoms with van der Waals surface area (Å²) >= 11 is 5.76. The van der Waals surface area contributed by atoms with Gasteiger partial charge in [0.1, 0.15) is 5.02 Å². The first-order chi connectivity index (χ1) is 7.16. The first-order valence-electron chi connectivity index (χ1n) is 4.42. The Morgan fingerprint density at radius 3 is 2.93 bits per heavy atom. The van der Waals surface area contributed by atoms with Crippen molar-refractivity contribution in [1.29, 1.82) is 0 Å². The standard InChI is InChI=1S/C8H9ClN4O2/c9-6-5(3-13-2-1-10-4-13)11-8(15)12-7(6)14/h4H,1-3H2,(H2,11,12,14,15). The van der Waals surface area contributed by atoms with E-state index in [0.717, 1.165) is 13.1 Å². The fourth-order valence-electron chi connectivity index (χ4n) is 1.37. The molecule has 1 aromatic heterocycles. The maximum absolute atomic E-state index is 11.2. The zero-order valence-electron chi connectivity index (χ0n) is 7.79. The third-order valence-electron chi connectivity index (χ3n) is 2.08. The van der Waals surface area contributed by atoms with E-state index < -0.39 is 11.2 Å². The Balaban J connectivity index is 2.31. The van der Waals surface area contributed by atoms with Gasteiger partial charge in [-0.3, -0.25) is 14.8 Å². The van der Waals surface area contributed by atoms with E-state index in [-0.39, 0.29) is 5.02 Å². The molecule has 1 aliphatic heterocycles. The molecule has 80 valence electrons. The number of hydrogen-bond acceptors (Lipinski definition) is 4. The zero-order chi connectivity index (χ0) is 10.8. The average Bonchev–Trinajstić information content (AvgIpc) is 2.66. The van der Waals surface area contributed by atoms with Crippen molar-refractivity contribution < 1.29 is 0 Å². The lowest BCUT2D eigenvalue weighted by Gasteiger charge is -2.13. The summed E-state index contributed by atoms with van der Waals surface area (Å²) in [7, 11) is 0. The third-order valence-corrected chi connectivity index (χ3v) is 2.48. The van der Waals surface area contributed by atoms with Crippen LogP contribution in [0.1, 0.15) is 5.69 Å². The summed E-state index contributed by atoms with van der Waals surface area (Å²) in [4.78, 5) is 32.6. The topological polar surface area (TPSA) is 81.3 Å². The van der Waals surface area contributed by atoms with Gasteiger partial charge in [0.05, 0.1) is 25.1 Å². The minimum Gasteiger partial charge on any atom is -0.355 e. The van der Waals surface area contributed by atoms with Crippen LogP contribution >= 0.6 is 11.6 Å². The third kappa shape index (κ3) is 2.10. The number of rotatable bonds is 2. The maximum atomic E-state index is 11.2. The Morgan fingerprint density at radius 2 is 2.27 bits per heavy atom. The second-order valence-corrected chi connectivity index (χ2v) is 3.57. The largest absolute Gasteiger partial charge is 0.355 e. The molecule has 2 rings (SSSR count). The van der Waals surface area contributed by atoms with Gasteiger partial charge in [-0.1, -0.05) is 11.6 Å². The van der Waals surface area contributed by atoms with Crippen molar-refractivity contribution in [3.05, 3.63) is 31.6 Å². The highest BCUT2D eigenvalue weighted by atomic mass is 35.5. The molecule has 0 radical (unpaired) electrons. The molecule has 2 heterocycles. The molecule has 0 aromatic carbocycles. The van der Waals surface area contributed by atoms with Crippen LogP contribution in [0.25, 0.3) is 0 Å². The highest BCUT2D eigenvalue weighted by Gasteiger charge is 2.11. The number of aromatic amines is 2. The maximum Gasteiger partial charge on any atom is 0.326 e. The molecule has 0 saturated heterocycles. The summed E-state index contributed by atoms with van der Waals surface area (Å²) in [5.41, 5.74) is -0.694. The van der Waals surface area contributed by atoms with Crippen LogP contribution in [0, 0.1) is 0 Å². The van der Waals surface area contributed by atoms with Crippen LogP contribution in [-0.4, -0.2) is 34.3 Å².